The van der Waals surface area contributed by atoms with Crippen molar-refractivity contribution in [3.05, 3.63) is 70.9 Å². The zero-order valence-corrected chi connectivity index (χ0v) is 21.3. The number of fused-ring (bicyclic) bond motifs is 1. The zero-order valence-electron chi connectivity index (χ0n) is 20.4. The Morgan fingerprint density at radius 3 is 2.63 bits per heavy atom. The van der Waals surface area contributed by atoms with Gasteiger partial charge in [0.05, 0.1) is 19.5 Å². The summed E-state index contributed by atoms with van der Waals surface area (Å²) in [6.45, 7) is 3.36. The predicted octanol–water partition coefficient (Wildman–Crippen LogP) is 3.12. The highest BCUT2D eigenvalue weighted by molar-refractivity contribution is 7.57. The molecule has 3 N–H and O–H groups in total. The van der Waals surface area contributed by atoms with E-state index in [9.17, 15) is 25.1 Å². The van der Waals surface area contributed by atoms with E-state index in [2.05, 4.69) is 30.3 Å². The van der Waals surface area contributed by atoms with E-state index in [1.54, 1.807) is 44.2 Å². The van der Waals surface area contributed by atoms with Crippen molar-refractivity contribution in [3.8, 4) is 0 Å². The minimum Gasteiger partial charge on any atom is -0.387 e. The second-order valence-corrected chi connectivity index (χ2v) is 9.84. The van der Waals surface area contributed by atoms with E-state index >= 15 is 0 Å². The lowest BCUT2D eigenvalue weighted by Crippen LogP contribution is -2.39. The highest BCUT2D eigenvalue weighted by Gasteiger charge is 2.54. The van der Waals surface area contributed by atoms with Crippen molar-refractivity contribution in [1.29, 1.82) is 0 Å². The molecule has 1 amide bonds. The number of anilines is 1. The first-order valence-corrected chi connectivity index (χ1v) is 13.1. The van der Waals surface area contributed by atoms with E-state index in [4.69, 9.17) is 13.8 Å². The Morgan fingerprint density at radius 1 is 1.26 bits per heavy atom. The lowest BCUT2D eigenvalue weighted by Gasteiger charge is -2.23. The number of nitrogens with one attached hydrogen (secondary N) is 1. The SMILES string of the molecule is CCOP(=O)(/C=C/[C@@]1(N=[N+]=[N-])O[C@@H](n2cnc3c(NC(=O)c4ccccc4)ncnc32)[C@H](O)[C@@H]1O)OCC. The largest absolute Gasteiger partial charge is 0.387 e. The van der Waals surface area contributed by atoms with Crippen molar-refractivity contribution in [2.75, 3.05) is 18.5 Å². The van der Waals surface area contributed by atoms with Gasteiger partial charge in [-0.3, -0.25) is 13.9 Å². The fourth-order valence-corrected chi connectivity index (χ4v) is 5.22. The Labute approximate surface area is 216 Å². The number of hydrogen-bond acceptors (Lipinski definition) is 11. The van der Waals surface area contributed by atoms with E-state index in [-0.39, 0.29) is 30.2 Å². The first-order valence-electron chi connectivity index (χ1n) is 11.5. The molecule has 1 saturated heterocycles. The van der Waals surface area contributed by atoms with Gasteiger partial charge in [-0.15, -0.1) is 0 Å². The minimum atomic E-state index is -3.77. The molecule has 0 saturated carbocycles. The first kappa shape index (κ1) is 27.4. The Balaban J connectivity index is 1.67. The number of amides is 1. The van der Waals surface area contributed by atoms with Crippen LogP contribution in [0.5, 0.6) is 0 Å². The number of hydrogen-bond donors (Lipinski definition) is 3. The zero-order chi connectivity index (χ0) is 27.3. The number of azide groups is 1. The molecule has 0 spiro atoms. The summed E-state index contributed by atoms with van der Waals surface area (Å²) in [6.07, 6.45) is -1.30. The van der Waals surface area contributed by atoms with Crippen molar-refractivity contribution >= 4 is 30.5 Å². The predicted molar refractivity (Wildman–Crippen MR) is 134 cm³/mol. The fourth-order valence-electron chi connectivity index (χ4n) is 3.86. The molecule has 4 atom stereocenters. The van der Waals surface area contributed by atoms with Gasteiger partial charge in [0, 0.05) is 16.3 Å². The highest BCUT2D eigenvalue weighted by Crippen LogP contribution is 2.51. The molecule has 3 aromatic rings. The third-order valence-corrected chi connectivity index (χ3v) is 7.32. The monoisotopic (exact) mass is 544 g/mol. The highest BCUT2D eigenvalue weighted by atomic mass is 31.2. The van der Waals surface area contributed by atoms with Gasteiger partial charge >= 0.3 is 7.60 Å². The summed E-state index contributed by atoms with van der Waals surface area (Å²) in [5, 5.41) is 27.9. The van der Waals surface area contributed by atoms with Gasteiger partial charge in [-0.25, -0.2) is 15.0 Å². The molecule has 2 aromatic heterocycles. The smallest absolute Gasteiger partial charge is 0.353 e. The molecule has 15 nitrogen and oxygen atoms in total. The standard InChI is InChI=1S/C22H25N8O7P/c1-3-35-38(34,36-4-2)11-10-22(28-29-23)17(32)16(31)21(37-22)30-13-26-15-18(24-12-25-19(15)30)27-20(33)14-8-6-5-7-9-14/h5-13,16-17,21,31-32H,3-4H2,1-2H3,(H,24,25,27,33)/b11-10+/t16-,17+,21-,22-/m1/s1. The summed E-state index contributed by atoms with van der Waals surface area (Å²) in [4.78, 5) is 27.8. The number of aliphatic hydroxyl groups is 2. The number of aliphatic hydroxyl groups excluding tert-OH is 2. The molecule has 1 aromatic carbocycles. The lowest BCUT2D eigenvalue weighted by atomic mass is 10.1. The maximum absolute atomic E-state index is 12.9. The normalized spacial score (nSPS) is 23.5. The van der Waals surface area contributed by atoms with Crippen LogP contribution in [0.3, 0.4) is 0 Å². The Morgan fingerprint density at radius 2 is 1.97 bits per heavy atom. The molecule has 1 fully saturated rings. The first-order chi connectivity index (χ1) is 18.3. The molecule has 0 radical (unpaired) electrons. The maximum atomic E-state index is 12.9. The van der Waals surface area contributed by atoms with Crippen molar-refractivity contribution in [2.45, 2.75) is 38.0 Å². The molecule has 3 heterocycles. The average Bonchev–Trinajstić information content (AvgIpc) is 3.44. The minimum absolute atomic E-state index is 0.0642. The van der Waals surface area contributed by atoms with Gasteiger partial charge in [0.1, 0.15) is 18.5 Å². The number of rotatable bonds is 10. The number of imidazole rings is 1. The van der Waals surface area contributed by atoms with E-state index < -0.39 is 37.7 Å². The Bertz CT molecular complexity index is 1420. The summed E-state index contributed by atoms with van der Waals surface area (Å²) >= 11 is 0. The van der Waals surface area contributed by atoms with Crippen LogP contribution in [0.1, 0.15) is 30.4 Å². The molecule has 4 rings (SSSR count). The van der Waals surface area contributed by atoms with Gasteiger partial charge in [-0.1, -0.05) is 23.3 Å². The van der Waals surface area contributed by atoms with E-state index in [1.807, 2.05) is 0 Å². The van der Waals surface area contributed by atoms with Crippen molar-refractivity contribution in [2.24, 2.45) is 5.11 Å². The van der Waals surface area contributed by atoms with Crippen molar-refractivity contribution in [3.63, 3.8) is 0 Å². The van der Waals surface area contributed by atoms with Crippen LogP contribution in [-0.2, 0) is 18.3 Å². The van der Waals surface area contributed by atoms with Gasteiger partial charge in [-0.2, -0.15) is 0 Å². The molecular weight excluding hydrogens is 519 g/mol. The van der Waals surface area contributed by atoms with Crippen LogP contribution < -0.4 is 5.32 Å². The number of aromatic nitrogens is 4. The van der Waals surface area contributed by atoms with E-state index in [0.717, 1.165) is 11.9 Å². The number of carbonyl (C=O) groups excluding carboxylic acids is 1. The van der Waals surface area contributed by atoms with Gasteiger partial charge in [0.25, 0.3) is 5.91 Å². The number of benzene rings is 1. The lowest BCUT2D eigenvalue weighted by molar-refractivity contribution is -0.0695. The quantitative estimate of drug-likeness (QED) is 0.147. The molecule has 16 heteroatoms. The summed E-state index contributed by atoms with van der Waals surface area (Å²) < 4.78 is 30.4. The van der Waals surface area contributed by atoms with Crippen LogP contribution >= 0.6 is 7.60 Å². The second kappa shape index (κ2) is 11.4. The van der Waals surface area contributed by atoms with Crippen LogP contribution in [0.15, 0.2) is 60.0 Å². The average molecular weight is 544 g/mol. The molecule has 1 aliphatic heterocycles. The van der Waals surface area contributed by atoms with Crippen LogP contribution in [0.25, 0.3) is 21.6 Å². The summed E-state index contributed by atoms with van der Waals surface area (Å²) in [5.74, 6) is 0.692. The van der Waals surface area contributed by atoms with Gasteiger partial charge in [0.2, 0.25) is 0 Å². The second-order valence-electron chi connectivity index (χ2n) is 7.94. The fraction of sp³-hybridized carbons (Fsp3) is 0.364. The van der Waals surface area contributed by atoms with E-state index in [1.165, 1.54) is 17.2 Å². The molecule has 0 unspecified atom stereocenters. The molecule has 0 aliphatic carbocycles. The Kier molecular flexibility index (Phi) is 8.19. The maximum Gasteiger partial charge on any atom is 0.353 e. The van der Waals surface area contributed by atoms with Crippen molar-refractivity contribution < 1.29 is 33.4 Å². The molecule has 200 valence electrons. The molecule has 1 aliphatic rings. The molecule has 38 heavy (non-hydrogen) atoms. The number of ether oxygens (including phenoxy) is 1. The van der Waals surface area contributed by atoms with Gasteiger partial charge in [-0.05, 0) is 37.6 Å². The Hall–Kier alpha value is -3.68. The van der Waals surface area contributed by atoms with Crippen LogP contribution in [0, 0.1) is 0 Å². The number of nitrogens with zero attached hydrogens (tertiary/aromatic N) is 7. The van der Waals surface area contributed by atoms with Crippen molar-refractivity contribution in [1.82, 2.24) is 19.5 Å². The molecule has 0 bridgehead atoms. The summed E-state index contributed by atoms with van der Waals surface area (Å²) in [5.41, 5.74) is 7.73. The third-order valence-electron chi connectivity index (χ3n) is 5.56. The van der Waals surface area contributed by atoms with Gasteiger partial charge in [0.15, 0.2) is 28.9 Å². The third kappa shape index (κ3) is 5.30. The van der Waals surface area contributed by atoms with Crippen LogP contribution in [0.4, 0.5) is 5.82 Å². The summed E-state index contributed by atoms with van der Waals surface area (Å²) in [6, 6.07) is 8.48. The van der Waals surface area contributed by atoms with E-state index in [0.29, 0.717) is 5.56 Å². The molecular formula is C22H25N8O7P. The summed E-state index contributed by atoms with van der Waals surface area (Å²) in [7, 11) is -3.77. The van der Waals surface area contributed by atoms with Crippen LogP contribution in [-0.4, -0.2) is 66.8 Å². The van der Waals surface area contributed by atoms with Gasteiger partial charge < -0.3 is 29.3 Å². The number of carbonyl (C=O) groups is 1. The topological polar surface area (TPSA) is 207 Å². The van der Waals surface area contributed by atoms with Crippen LogP contribution in [0.2, 0.25) is 0 Å².